The van der Waals surface area contributed by atoms with Gasteiger partial charge in [-0.2, -0.15) is 0 Å². The van der Waals surface area contributed by atoms with Gasteiger partial charge in [-0.05, 0) is 31.0 Å². The fourth-order valence-corrected chi connectivity index (χ4v) is 2.92. The summed E-state index contributed by atoms with van der Waals surface area (Å²) >= 11 is 6.62. The predicted molar refractivity (Wildman–Crippen MR) is 88.2 cm³/mol. The molecule has 0 aliphatic rings. The summed E-state index contributed by atoms with van der Waals surface area (Å²) in [6.45, 7) is 4.05. The van der Waals surface area contributed by atoms with Crippen LogP contribution in [-0.4, -0.2) is 12.1 Å². The lowest BCUT2D eigenvalue weighted by atomic mass is 10.0. The third-order valence-electron chi connectivity index (χ3n) is 3.74. The van der Waals surface area contributed by atoms with Gasteiger partial charge < -0.3 is 4.74 Å². The van der Waals surface area contributed by atoms with E-state index in [0.29, 0.717) is 0 Å². The number of hydrogen-bond acceptors (Lipinski definition) is 2. The Morgan fingerprint density at radius 2 is 1.71 bits per heavy atom. The highest BCUT2D eigenvalue weighted by Crippen LogP contribution is 2.37. The van der Waals surface area contributed by atoms with Crippen molar-refractivity contribution in [1.82, 2.24) is 4.98 Å². The maximum atomic E-state index is 6.62. The first kappa shape index (κ1) is 13.9. The highest BCUT2D eigenvalue weighted by molar-refractivity contribution is 6.37. The standard InChI is InChI=1S/C18H16ClNO/c1-11-9-10-14(21-3)18-15(11)16(19)12(2)17(20-18)13-7-5-4-6-8-13/h4-10H,1-3H3. The molecule has 3 aromatic rings. The van der Waals surface area contributed by atoms with Crippen molar-refractivity contribution in [3.8, 4) is 17.0 Å². The quantitative estimate of drug-likeness (QED) is 0.650. The van der Waals surface area contributed by atoms with Crippen LogP contribution in [0.15, 0.2) is 42.5 Å². The van der Waals surface area contributed by atoms with E-state index in [1.807, 2.05) is 56.3 Å². The van der Waals surface area contributed by atoms with Crippen LogP contribution in [0, 0.1) is 13.8 Å². The van der Waals surface area contributed by atoms with Crippen LogP contribution >= 0.6 is 11.6 Å². The number of nitrogens with zero attached hydrogens (tertiary/aromatic N) is 1. The van der Waals surface area contributed by atoms with E-state index in [4.69, 9.17) is 21.3 Å². The van der Waals surface area contributed by atoms with Crippen molar-refractivity contribution >= 4 is 22.5 Å². The number of fused-ring (bicyclic) bond motifs is 1. The van der Waals surface area contributed by atoms with E-state index >= 15 is 0 Å². The molecule has 106 valence electrons. The van der Waals surface area contributed by atoms with Crippen LogP contribution in [0.2, 0.25) is 5.02 Å². The molecular formula is C18H16ClNO. The predicted octanol–water partition coefficient (Wildman–Crippen LogP) is 5.18. The highest BCUT2D eigenvalue weighted by atomic mass is 35.5. The van der Waals surface area contributed by atoms with Crippen LogP contribution in [0.4, 0.5) is 0 Å². The Morgan fingerprint density at radius 3 is 2.38 bits per heavy atom. The molecule has 0 N–H and O–H groups in total. The Labute approximate surface area is 129 Å². The van der Waals surface area contributed by atoms with Gasteiger partial charge in [0.15, 0.2) is 0 Å². The summed E-state index contributed by atoms with van der Waals surface area (Å²) in [6, 6.07) is 14.0. The van der Waals surface area contributed by atoms with Gasteiger partial charge in [0.2, 0.25) is 0 Å². The highest BCUT2D eigenvalue weighted by Gasteiger charge is 2.16. The van der Waals surface area contributed by atoms with Crippen LogP contribution in [-0.2, 0) is 0 Å². The number of ether oxygens (including phenoxy) is 1. The zero-order chi connectivity index (χ0) is 15.0. The molecule has 3 heteroatoms. The fourth-order valence-electron chi connectivity index (χ4n) is 2.59. The van der Waals surface area contributed by atoms with Crippen LogP contribution in [0.25, 0.3) is 22.2 Å². The van der Waals surface area contributed by atoms with E-state index in [1.165, 1.54) is 0 Å². The van der Waals surface area contributed by atoms with Gasteiger partial charge in [0.1, 0.15) is 11.3 Å². The van der Waals surface area contributed by atoms with Gasteiger partial charge in [0.05, 0.1) is 17.8 Å². The second-order valence-corrected chi connectivity index (χ2v) is 5.45. The third-order valence-corrected chi connectivity index (χ3v) is 4.22. The van der Waals surface area contributed by atoms with E-state index in [0.717, 1.165) is 44.1 Å². The molecule has 0 atom stereocenters. The smallest absolute Gasteiger partial charge is 0.145 e. The molecule has 2 nitrogen and oxygen atoms in total. The Kier molecular flexibility index (Phi) is 3.56. The molecule has 0 aliphatic heterocycles. The molecule has 0 saturated carbocycles. The van der Waals surface area contributed by atoms with Gasteiger partial charge in [0.25, 0.3) is 0 Å². The fraction of sp³-hybridized carbons (Fsp3) is 0.167. The van der Waals surface area contributed by atoms with E-state index < -0.39 is 0 Å². The molecule has 0 fully saturated rings. The Morgan fingerprint density at radius 1 is 1.00 bits per heavy atom. The van der Waals surface area contributed by atoms with Gasteiger partial charge >= 0.3 is 0 Å². The number of benzene rings is 2. The van der Waals surface area contributed by atoms with E-state index in [2.05, 4.69) is 0 Å². The summed E-state index contributed by atoms with van der Waals surface area (Å²) in [5.74, 6) is 0.745. The first-order valence-corrected chi connectivity index (χ1v) is 7.20. The molecule has 0 aliphatic carbocycles. The minimum Gasteiger partial charge on any atom is -0.494 e. The minimum atomic E-state index is 0.745. The second-order valence-electron chi connectivity index (χ2n) is 5.07. The second kappa shape index (κ2) is 5.38. The van der Waals surface area contributed by atoms with Crippen LogP contribution in [0.3, 0.4) is 0 Å². The lowest BCUT2D eigenvalue weighted by Gasteiger charge is -2.14. The lowest BCUT2D eigenvalue weighted by molar-refractivity contribution is 0.419. The number of rotatable bonds is 2. The minimum absolute atomic E-state index is 0.745. The third kappa shape index (κ3) is 2.26. The molecule has 2 aromatic carbocycles. The van der Waals surface area contributed by atoms with Gasteiger partial charge in [-0.3, -0.25) is 0 Å². The summed E-state index contributed by atoms with van der Waals surface area (Å²) in [5, 5.41) is 1.71. The molecule has 3 rings (SSSR count). The number of hydrogen-bond donors (Lipinski definition) is 0. The van der Waals surface area contributed by atoms with E-state index in [1.54, 1.807) is 7.11 Å². The molecule has 0 unspecified atom stereocenters. The Bertz CT molecular complexity index is 813. The zero-order valence-electron chi connectivity index (χ0n) is 12.3. The zero-order valence-corrected chi connectivity index (χ0v) is 13.0. The molecule has 0 spiro atoms. The monoisotopic (exact) mass is 297 g/mol. The van der Waals surface area contributed by atoms with Crippen molar-refractivity contribution in [3.63, 3.8) is 0 Å². The molecule has 0 bridgehead atoms. The topological polar surface area (TPSA) is 22.1 Å². The van der Waals surface area contributed by atoms with Crippen LogP contribution < -0.4 is 4.74 Å². The summed E-state index contributed by atoms with van der Waals surface area (Å²) in [6.07, 6.45) is 0. The van der Waals surface area contributed by atoms with Crippen LogP contribution in [0.1, 0.15) is 11.1 Å². The van der Waals surface area contributed by atoms with Gasteiger partial charge in [0, 0.05) is 10.9 Å². The van der Waals surface area contributed by atoms with Gasteiger partial charge in [-0.15, -0.1) is 0 Å². The van der Waals surface area contributed by atoms with Gasteiger partial charge in [-0.25, -0.2) is 4.98 Å². The maximum Gasteiger partial charge on any atom is 0.145 e. The Hall–Kier alpha value is -2.06. The maximum absolute atomic E-state index is 6.62. The summed E-state index contributed by atoms with van der Waals surface area (Å²) < 4.78 is 5.45. The Balaban J connectivity index is 2.41. The molecule has 0 radical (unpaired) electrons. The molecular weight excluding hydrogens is 282 g/mol. The number of pyridine rings is 1. The number of methoxy groups -OCH3 is 1. The molecule has 21 heavy (non-hydrogen) atoms. The normalized spacial score (nSPS) is 10.9. The van der Waals surface area contributed by atoms with Gasteiger partial charge in [-0.1, -0.05) is 48.0 Å². The number of halogens is 1. The van der Waals surface area contributed by atoms with Crippen molar-refractivity contribution < 1.29 is 4.74 Å². The number of aromatic nitrogens is 1. The van der Waals surface area contributed by atoms with Crippen molar-refractivity contribution in [3.05, 3.63) is 58.6 Å². The molecule has 0 saturated heterocycles. The summed E-state index contributed by atoms with van der Waals surface area (Å²) in [5.41, 5.74) is 4.86. The molecule has 0 amide bonds. The molecule has 1 heterocycles. The average molecular weight is 298 g/mol. The van der Waals surface area contributed by atoms with Crippen molar-refractivity contribution in [1.29, 1.82) is 0 Å². The number of aryl methyl sites for hydroxylation is 1. The van der Waals surface area contributed by atoms with Crippen molar-refractivity contribution in [2.45, 2.75) is 13.8 Å². The SMILES string of the molecule is COc1ccc(C)c2c(Cl)c(C)c(-c3ccccc3)nc12. The van der Waals surface area contributed by atoms with Crippen molar-refractivity contribution in [2.24, 2.45) is 0 Å². The first-order chi connectivity index (χ1) is 10.1. The van der Waals surface area contributed by atoms with E-state index in [9.17, 15) is 0 Å². The van der Waals surface area contributed by atoms with Crippen molar-refractivity contribution in [2.75, 3.05) is 7.11 Å². The lowest BCUT2D eigenvalue weighted by Crippen LogP contribution is -1.96. The molecule has 1 aromatic heterocycles. The van der Waals surface area contributed by atoms with Crippen LogP contribution in [0.5, 0.6) is 5.75 Å². The van der Waals surface area contributed by atoms with E-state index in [-0.39, 0.29) is 0 Å². The largest absolute Gasteiger partial charge is 0.494 e. The summed E-state index contributed by atoms with van der Waals surface area (Å²) in [7, 11) is 1.65. The first-order valence-electron chi connectivity index (χ1n) is 6.82. The summed E-state index contributed by atoms with van der Waals surface area (Å²) in [4.78, 5) is 4.83. The average Bonchev–Trinajstić information content (AvgIpc) is 2.51.